The molecule has 1 aromatic carbocycles. The van der Waals surface area contributed by atoms with Crippen molar-refractivity contribution in [3.05, 3.63) is 47.2 Å². The standard InChI is InChI=1S/C15H19N3O3/c1-9-11(3)21-14(17-9)8-16-15(20)18-13-6-4-5-12(7-13)10(2)19/h4-7,10,19H,8H2,1-3H3,(H2,16,18,20). The van der Waals surface area contributed by atoms with Crippen LogP contribution >= 0.6 is 0 Å². The Morgan fingerprint density at radius 2 is 2.19 bits per heavy atom. The molecular formula is C15H19N3O3. The van der Waals surface area contributed by atoms with Crippen molar-refractivity contribution >= 4 is 11.7 Å². The van der Waals surface area contributed by atoms with Gasteiger partial charge in [0.15, 0.2) is 0 Å². The van der Waals surface area contributed by atoms with Crippen LogP contribution in [0.5, 0.6) is 0 Å². The number of aryl methyl sites for hydroxylation is 2. The Hall–Kier alpha value is -2.34. The van der Waals surface area contributed by atoms with Crippen molar-refractivity contribution in [2.24, 2.45) is 0 Å². The van der Waals surface area contributed by atoms with E-state index in [2.05, 4.69) is 15.6 Å². The summed E-state index contributed by atoms with van der Waals surface area (Å²) in [6.45, 7) is 5.57. The van der Waals surface area contributed by atoms with E-state index >= 15 is 0 Å². The molecule has 0 aliphatic heterocycles. The summed E-state index contributed by atoms with van der Waals surface area (Å²) >= 11 is 0. The van der Waals surface area contributed by atoms with Crippen LogP contribution in [0.25, 0.3) is 0 Å². The van der Waals surface area contributed by atoms with Gasteiger partial charge in [0.25, 0.3) is 0 Å². The number of nitrogens with one attached hydrogen (secondary N) is 2. The van der Waals surface area contributed by atoms with Gasteiger partial charge >= 0.3 is 6.03 Å². The van der Waals surface area contributed by atoms with Gasteiger partial charge in [-0.05, 0) is 38.5 Å². The minimum Gasteiger partial charge on any atom is -0.444 e. The molecule has 6 heteroatoms. The monoisotopic (exact) mass is 289 g/mol. The highest BCUT2D eigenvalue weighted by molar-refractivity contribution is 5.89. The lowest BCUT2D eigenvalue weighted by atomic mass is 10.1. The topological polar surface area (TPSA) is 87.4 Å². The maximum atomic E-state index is 11.8. The number of carbonyl (C=O) groups excluding carboxylic acids is 1. The second kappa shape index (κ2) is 6.41. The lowest BCUT2D eigenvalue weighted by molar-refractivity contribution is 0.199. The van der Waals surface area contributed by atoms with Gasteiger partial charge in [0.2, 0.25) is 5.89 Å². The summed E-state index contributed by atoms with van der Waals surface area (Å²) in [4.78, 5) is 16.0. The van der Waals surface area contributed by atoms with Crippen LogP contribution in [0.2, 0.25) is 0 Å². The van der Waals surface area contributed by atoms with Gasteiger partial charge in [0.05, 0.1) is 18.3 Å². The second-order valence-corrected chi connectivity index (χ2v) is 4.86. The average molecular weight is 289 g/mol. The predicted octanol–water partition coefficient (Wildman–Crippen LogP) is 2.67. The molecule has 2 aromatic rings. The number of nitrogens with zero attached hydrogens (tertiary/aromatic N) is 1. The molecule has 0 radical (unpaired) electrons. The molecule has 1 unspecified atom stereocenters. The number of aliphatic hydroxyl groups excluding tert-OH is 1. The molecule has 0 saturated heterocycles. The van der Waals surface area contributed by atoms with Crippen LogP contribution in [0.1, 0.15) is 35.9 Å². The van der Waals surface area contributed by atoms with Gasteiger partial charge in [-0.3, -0.25) is 0 Å². The number of amides is 2. The molecule has 0 bridgehead atoms. The average Bonchev–Trinajstić information content (AvgIpc) is 2.76. The molecule has 3 N–H and O–H groups in total. The summed E-state index contributed by atoms with van der Waals surface area (Å²) in [6, 6.07) is 6.70. The Kier molecular flexibility index (Phi) is 4.59. The Morgan fingerprint density at radius 3 is 2.81 bits per heavy atom. The molecule has 2 amide bonds. The third-order valence-electron chi connectivity index (χ3n) is 3.10. The first-order valence-corrected chi connectivity index (χ1v) is 6.71. The van der Waals surface area contributed by atoms with Crippen LogP contribution in [-0.4, -0.2) is 16.1 Å². The lowest BCUT2D eigenvalue weighted by Crippen LogP contribution is -2.28. The number of oxazole rings is 1. The Morgan fingerprint density at radius 1 is 1.43 bits per heavy atom. The van der Waals surface area contributed by atoms with Gasteiger partial charge in [0.1, 0.15) is 5.76 Å². The normalized spacial score (nSPS) is 12.0. The summed E-state index contributed by atoms with van der Waals surface area (Å²) in [6.07, 6.45) is -0.576. The maximum Gasteiger partial charge on any atom is 0.319 e. The third kappa shape index (κ3) is 4.06. The van der Waals surface area contributed by atoms with E-state index in [0.29, 0.717) is 11.6 Å². The highest BCUT2D eigenvalue weighted by Gasteiger charge is 2.08. The summed E-state index contributed by atoms with van der Waals surface area (Å²) in [5.41, 5.74) is 2.18. The highest BCUT2D eigenvalue weighted by atomic mass is 16.4. The molecule has 0 aliphatic rings. The largest absolute Gasteiger partial charge is 0.444 e. The molecule has 1 heterocycles. The fraction of sp³-hybridized carbons (Fsp3) is 0.333. The van der Waals surface area contributed by atoms with Gasteiger partial charge in [0, 0.05) is 5.69 Å². The summed E-state index contributed by atoms with van der Waals surface area (Å²) in [5, 5.41) is 14.9. The zero-order valence-electron chi connectivity index (χ0n) is 12.3. The van der Waals surface area contributed by atoms with Crippen molar-refractivity contribution in [3.63, 3.8) is 0 Å². The van der Waals surface area contributed by atoms with Crippen LogP contribution in [-0.2, 0) is 6.54 Å². The van der Waals surface area contributed by atoms with Gasteiger partial charge in [-0.25, -0.2) is 9.78 Å². The summed E-state index contributed by atoms with van der Waals surface area (Å²) in [7, 11) is 0. The second-order valence-electron chi connectivity index (χ2n) is 4.86. The van der Waals surface area contributed by atoms with Gasteiger partial charge in [-0.2, -0.15) is 0 Å². The van der Waals surface area contributed by atoms with Crippen LogP contribution < -0.4 is 10.6 Å². The molecule has 0 aliphatic carbocycles. The number of hydrogen-bond donors (Lipinski definition) is 3. The van der Waals surface area contributed by atoms with Gasteiger partial charge in [-0.15, -0.1) is 0 Å². The molecule has 0 fully saturated rings. The van der Waals surface area contributed by atoms with Crippen molar-refractivity contribution in [3.8, 4) is 0 Å². The lowest BCUT2D eigenvalue weighted by Gasteiger charge is -2.09. The Labute approximate surface area is 123 Å². The quantitative estimate of drug-likeness (QED) is 0.807. The zero-order valence-corrected chi connectivity index (χ0v) is 12.3. The fourth-order valence-electron chi connectivity index (χ4n) is 1.82. The van der Waals surface area contributed by atoms with Crippen molar-refractivity contribution in [1.82, 2.24) is 10.3 Å². The van der Waals surface area contributed by atoms with E-state index in [-0.39, 0.29) is 12.6 Å². The first-order chi connectivity index (χ1) is 9.95. The number of aliphatic hydroxyl groups is 1. The number of anilines is 1. The predicted molar refractivity (Wildman–Crippen MR) is 78.9 cm³/mol. The number of urea groups is 1. The van der Waals surface area contributed by atoms with Crippen molar-refractivity contribution in [1.29, 1.82) is 0 Å². The van der Waals surface area contributed by atoms with Crippen molar-refractivity contribution < 1.29 is 14.3 Å². The Balaban J connectivity index is 1.91. The molecule has 1 atom stereocenters. The molecule has 6 nitrogen and oxygen atoms in total. The molecule has 21 heavy (non-hydrogen) atoms. The zero-order chi connectivity index (χ0) is 15.4. The van der Waals surface area contributed by atoms with E-state index in [1.54, 1.807) is 31.2 Å². The smallest absolute Gasteiger partial charge is 0.319 e. The Bertz CT molecular complexity index is 615. The van der Waals surface area contributed by atoms with E-state index < -0.39 is 6.10 Å². The fourth-order valence-corrected chi connectivity index (χ4v) is 1.82. The number of rotatable bonds is 4. The van der Waals surface area contributed by atoms with E-state index in [1.807, 2.05) is 13.8 Å². The number of hydrogen-bond acceptors (Lipinski definition) is 4. The SMILES string of the molecule is Cc1nc(CNC(=O)Nc2cccc(C(C)O)c2)oc1C. The molecule has 1 aromatic heterocycles. The number of benzene rings is 1. The number of carbonyl (C=O) groups is 1. The van der Waals surface area contributed by atoms with Gasteiger partial charge in [-0.1, -0.05) is 12.1 Å². The van der Waals surface area contributed by atoms with E-state index in [1.165, 1.54) is 0 Å². The maximum absolute atomic E-state index is 11.8. The van der Waals surface area contributed by atoms with Crippen LogP contribution in [0, 0.1) is 13.8 Å². The molecular weight excluding hydrogens is 270 g/mol. The van der Waals surface area contributed by atoms with Crippen LogP contribution in [0.15, 0.2) is 28.7 Å². The van der Waals surface area contributed by atoms with E-state index in [4.69, 9.17) is 4.42 Å². The molecule has 112 valence electrons. The molecule has 2 rings (SSSR count). The van der Waals surface area contributed by atoms with Gasteiger partial charge < -0.3 is 20.2 Å². The third-order valence-corrected chi connectivity index (χ3v) is 3.10. The first-order valence-electron chi connectivity index (χ1n) is 6.71. The van der Waals surface area contributed by atoms with Crippen molar-refractivity contribution in [2.45, 2.75) is 33.4 Å². The highest BCUT2D eigenvalue weighted by Crippen LogP contribution is 2.16. The minimum absolute atomic E-state index is 0.219. The minimum atomic E-state index is -0.576. The number of aromatic nitrogens is 1. The summed E-state index contributed by atoms with van der Waals surface area (Å²) in [5.74, 6) is 1.22. The van der Waals surface area contributed by atoms with Crippen LogP contribution in [0.4, 0.5) is 10.5 Å². The van der Waals surface area contributed by atoms with Crippen molar-refractivity contribution in [2.75, 3.05) is 5.32 Å². The van der Waals surface area contributed by atoms with Crippen LogP contribution in [0.3, 0.4) is 0 Å². The summed E-state index contributed by atoms with van der Waals surface area (Å²) < 4.78 is 5.38. The van der Waals surface area contributed by atoms with E-state index in [9.17, 15) is 9.90 Å². The molecule has 0 saturated carbocycles. The molecule has 0 spiro atoms. The first kappa shape index (κ1) is 15.1. The van der Waals surface area contributed by atoms with E-state index in [0.717, 1.165) is 17.0 Å².